The maximum Gasteiger partial charge on any atom is 0.251 e. The van der Waals surface area contributed by atoms with Crippen LogP contribution in [0.15, 0.2) is 54.6 Å². The van der Waals surface area contributed by atoms with Gasteiger partial charge in [-0.2, -0.15) is 0 Å². The third-order valence-corrected chi connectivity index (χ3v) is 3.71. The van der Waals surface area contributed by atoms with Gasteiger partial charge < -0.3 is 10.2 Å². The minimum absolute atomic E-state index is 0.00994. The van der Waals surface area contributed by atoms with Crippen molar-refractivity contribution in [3.63, 3.8) is 0 Å². The minimum Gasteiger partial charge on any atom is -0.378 e. The average molecular weight is 296 g/mol. The van der Waals surface area contributed by atoms with Gasteiger partial charge in [-0.25, -0.2) is 0 Å². The average Bonchev–Trinajstić information content (AvgIpc) is 2.54. The number of benzene rings is 2. The lowest BCUT2D eigenvalue weighted by molar-refractivity contribution is 0.0938. The van der Waals surface area contributed by atoms with Crippen LogP contribution in [-0.4, -0.2) is 26.0 Å². The van der Waals surface area contributed by atoms with Crippen LogP contribution in [0.3, 0.4) is 0 Å². The molecule has 0 aromatic heterocycles. The number of hydrogen-bond donors (Lipinski definition) is 1. The first-order chi connectivity index (χ1) is 10.6. The van der Waals surface area contributed by atoms with Crippen LogP contribution >= 0.6 is 0 Å². The van der Waals surface area contributed by atoms with Crippen LogP contribution in [0, 0.1) is 0 Å². The number of carbonyl (C=O) groups excluding carboxylic acids is 1. The van der Waals surface area contributed by atoms with E-state index in [1.807, 2.05) is 61.5 Å². The van der Waals surface area contributed by atoms with Crippen molar-refractivity contribution in [3.8, 4) is 0 Å². The number of rotatable bonds is 6. The fourth-order valence-electron chi connectivity index (χ4n) is 2.33. The summed E-state index contributed by atoms with van der Waals surface area (Å²) in [5.41, 5.74) is 3.04. The lowest BCUT2D eigenvalue weighted by Gasteiger charge is -2.16. The van der Waals surface area contributed by atoms with E-state index in [4.69, 9.17) is 0 Å². The monoisotopic (exact) mass is 296 g/mol. The summed E-state index contributed by atoms with van der Waals surface area (Å²) < 4.78 is 0. The number of carbonyl (C=O) groups is 1. The topological polar surface area (TPSA) is 32.3 Å². The number of nitrogens with one attached hydrogen (secondary N) is 1. The number of aryl methyl sites for hydroxylation is 1. The van der Waals surface area contributed by atoms with Crippen LogP contribution < -0.4 is 10.2 Å². The van der Waals surface area contributed by atoms with Crippen molar-refractivity contribution in [3.05, 3.63) is 65.7 Å². The molecule has 2 aromatic rings. The van der Waals surface area contributed by atoms with Crippen molar-refractivity contribution in [2.45, 2.75) is 25.8 Å². The van der Waals surface area contributed by atoms with Crippen molar-refractivity contribution < 1.29 is 4.79 Å². The van der Waals surface area contributed by atoms with Gasteiger partial charge in [0.1, 0.15) is 0 Å². The van der Waals surface area contributed by atoms with Gasteiger partial charge in [-0.05, 0) is 43.5 Å². The fraction of sp³-hybridized carbons (Fsp3) is 0.316. The molecule has 0 radical (unpaired) electrons. The molecule has 0 aliphatic carbocycles. The minimum atomic E-state index is -0.00994. The molecular weight excluding hydrogens is 272 g/mol. The molecule has 0 saturated carbocycles. The predicted octanol–water partition coefficient (Wildman–Crippen LogP) is 3.50. The highest BCUT2D eigenvalue weighted by atomic mass is 16.1. The zero-order chi connectivity index (χ0) is 15.9. The standard InChI is InChI=1S/C19H24N2O/c1-15(12-13-16-8-5-4-6-9-16)20-19(22)17-10-7-11-18(14-17)21(2)3/h4-11,14-15H,12-13H2,1-3H3,(H,20,22). The molecule has 1 N–H and O–H groups in total. The van der Waals surface area contributed by atoms with Crippen LogP contribution in [-0.2, 0) is 6.42 Å². The Balaban J connectivity index is 1.89. The summed E-state index contributed by atoms with van der Waals surface area (Å²) in [4.78, 5) is 14.3. The fourth-order valence-corrected chi connectivity index (χ4v) is 2.33. The van der Waals surface area contributed by atoms with E-state index >= 15 is 0 Å². The maximum absolute atomic E-state index is 12.3. The molecule has 0 heterocycles. The number of nitrogens with zero attached hydrogens (tertiary/aromatic N) is 1. The van der Waals surface area contributed by atoms with E-state index in [-0.39, 0.29) is 11.9 Å². The van der Waals surface area contributed by atoms with Gasteiger partial charge in [-0.1, -0.05) is 36.4 Å². The van der Waals surface area contributed by atoms with E-state index in [2.05, 4.69) is 24.4 Å². The molecule has 0 fully saturated rings. The summed E-state index contributed by atoms with van der Waals surface area (Å²) in [6.45, 7) is 2.05. The van der Waals surface area contributed by atoms with Gasteiger partial charge in [0.2, 0.25) is 0 Å². The molecule has 0 spiro atoms. The van der Waals surface area contributed by atoms with E-state index in [1.165, 1.54) is 5.56 Å². The van der Waals surface area contributed by atoms with Crippen LogP contribution in [0.25, 0.3) is 0 Å². The lowest BCUT2D eigenvalue weighted by Crippen LogP contribution is -2.33. The quantitative estimate of drug-likeness (QED) is 0.885. The smallest absolute Gasteiger partial charge is 0.251 e. The molecular formula is C19H24N2O. The maximum atomic E-state index is 12.3. The molecule has 2 rings (SSSR count). The van der Waals surface area contributed by atoms with Gasteiger partial charge in [0.25, 0.3) is 5.91 Å². The highest BCUT2D eigenvalue weighted by molar-refractivity contribution is 5.95. The first-order valence-corrected chi connectivity index (χ1v) is 7.68. The van der Waals surface area contributed by atoms with Gasteiger partial charge in [0.05, 0.1) is 0 Å². The van der Waals surface area contributed by atoms with Gasteiger partial charge in [-0.3, -0.25) is 4.79 Å². The van der Waals surface area contributed by atoms with Crippen molar-refractivity contribution in [1.82, 2.24) is 5.32 Å². The number of amides is 1. The summed E-state index contributed by atoms with van der Waals surface area (Å²) in [6.07, 6.45) is 1.91. The second kappa shape index (κ2) is 7.64. The molecule has 116 valence electrons. The second-order valence-electron chi connectivity index (χ2n) is 5.84. The summed E-state index contributed by atoms with van der Waals surface area (Å²) in [6, 6.07) is 18.2. The van der Waals surface area contributed by atoms with Crippen molar-refractivity contribution in [2.75, 3.05) is 19.0 Å². The van der Waals surface area contributed by atoms with Gasteiger partial charge >= 0.3 is 0 Å². The van der Waals surface area contributed by atoms with Gasteiger partial charge in [0.15, 0.2) is 0 Å². The van der Waals surface area contributed by atoms with Crippen molar-refractivity contribution >= 4 is 11.6 Å². The molecule has 0 aliphatic rings. The third kappa shape index (κ3) is 4.62. The van der Waals surface area contributed by atoms with E-state index in [9.17, 15) is 4.79 Å². The van der Waals surface area contributed by atoms with Gasteiger partial charge in [-0.15, -0.1) is 0 Å². The molecule has 0 bridgehead atoms. The van der Waals surface area contributed by atoms with Crippen molar-refractivity contribution in [2.24, 2.45) is 0 Å². The Morgan fingerprint density at radius 3 is 2.50 bits per heavy atom. The summed E-state index contributed by atoms with van der Waals surface area (Å²) in [7, 11) is 3.94. The van der Waals surface area contributed by atoms with Crippen LogP contribution in [0.1, 0.15) is 29.3 Å². The molecule has 1 atom stereocenters. The van der Waals surface area contributed by atoms with Crippen LogP contribution in [0.5, 0.6) is 0 Å². The lowest BCUT2D eigenvalue weighted by atomic mass is 10.1. The largest absolute Gasteiger partial charge is 0.378 e. The Bertz CT molecular complexity index is 608. The summed E-state index contributed by atoms with van der Waals surface area (Å²) >= 11 is 0. The summed E-state index contributed by atoms with van der Waals surface area (Å²) in [5, 5.41) is 3.08. The molecule has 0 aliphatic heterocycles. The van der Waals surface area contributed by atoms with E-state index in [0.29, 0.717) is 5.56 Å². The first-order valence-electron chi connectivity index (χ1n) is 7.68. The molecule has 22 heavy (non-hydrogen) atoms. The Labute approximate surface area is 133 Å². The highest BCUT2D eigenvalue weighted by Crippen LogP contribution is 2.13. The Hall–Kier alpha value is -2.29. The Kier molecular flexibility index (Phi) is 5.59. The van der Waals surface area contributed by atoms with Crippen LogP contribution in [0.2, 0.25) is 0 Å². The Morgan fingerprint density at radius 1 is 1.09 bits per heavy atom. The zero-order valence-corrected chi connectivity index (χ0v) is 13.5. The van der Waals surface area contributed by atoms with E-state index in [1.54, 1.807) is 0 Å². The molecule has 3 heteroatoms. The molecule has 0 saturated heterocycles. The molecule has 2 aromatic carbocycles. The molecule has 1 amide bonds. The zero-order valence-electron chi connectivity index (χ0n) is 13.5. The third-order valence-electron chi connectivity index (χ3n) is 3.71. The SMILES string of the molecule is CC(CCc1ccccc1)NC(=O)c1cccc(N(C)C)c1. The molecule has 3 nitrogen and oxygen atoms in total. The van der Waals surface area contributed by atoms with Gasteiger partial charge in [0, 0.05) is 31.4 Å². The van der Waals surface area contributed by atoms with E-state index in [0.717, 1.165) is 18.5 Å². The predicted molar refractivity (Wildman–Crippen MR) is 92.5 cm³/mol. The number of anilines is 1. The van der Waals surface area contributed by atoms with E-state index < -0.39 is 0 Å². The normalized spacial score (nSPS) is 11.8. The number of hydrogen-bond acceptors (Lipinski definition) is 2. The first kappa shape index (κ1) is 16.1. The Morgan fingerprint density at radius 2 is 1.82 bits per heavy atom. The second-order valence-corrected chi connectivity index (χ2v) is 5.84. The highest BCUT2D eigenvalue weighted by Gasteiger charge is 2.10. The van der Waals surface area contributed by atoms with Crippen molar-refractivity contribution in [1.29, 1.82) is 0 Å². The molecule has 1 unspecified atom stereocenters. The van der Waals surface area contributed by atoms with Crippen LogP contribution in [0.4, 0.5) is 5.69 Å². The summed E-state index contributed by atoms with van der Waals surface area (Å²) in [5.74, 6) is -0.00994.